The first-order chi connectivity index (χ1) is 12.5. The van der Waals surface area contributed by atoms with Crippen LogP contribution in [-0.2, 0) is 0 Å². The summed E-state index contributed by atoms with van der Waals surface area (Å²) in [4.78, 5) is 12.4. The van der Waals surface area contributed by atoms with Gasteiger partial charge in [0.05, 0.1) is 19.1 Å². The van der Waals surface area contributed by atoms with E-state index < -0.39 is 5.82 Å². The van der Waals surface area contributed by atoms with Crippen molar-refractivity contribution >= 4 is 5.91 Å². The second-order valence-corrected chi connectivity index (χ2v) is 5.96. The maximum Gasteiger partial charge on any atom is 0.251 e. The minimum Gasteiger partial charge on any atom is -0.494 e. The van der Waals surface area contributed by atoms with Gasteiger partial charge in [-0.05, 0) is 50.2 Å². The minimum atomic E-state index is -0.582. The lowest BCUT2D eigenvalue weighted by Crippen LogP contribution is -2.32. The molecule has 3 aromatic rings. The van der Waals surface area contributed by atoms with E-state index in [1.807, 2.05) is 30.7 Å². The maximum absolute atomic E-state index is 13.8. The Bertz CT molecular complexity index is 903. The summed E-state index contributed by atoms with van der Waals surface area (Å²) >= 11 is 0. The molecule has 0 aliphatic rings. The van der Waals surface area contributed by atoms with Crippen molar-refractivity contribution in [2.75, 3.05) is 13.7 Å². The van der Waals surface area contributed by atoms with E-state index in [1.165, 1.54) is 19.2 Å². The van der Waals surface area contributed by atoms with Crippen molar-refractivity contribution in [1.82, 2.24) is 15.1 Å². The Morgan fingerprint density at radius 3 is 2.73 bits per heavy atom. The number of nitrogens with one attached hydrogen (secondary N) is 1. The van der Waals surface area contributed by atoms with Gasteiger partial charge in [-0.1, -0.05) is 0 Å². The average Bonchev–Trinajstić information content (AvgIpc) is 3.25. The highest BCUT2D eigenvalue weighted by atomic mass is 19.1. The van der Waals surface area contributed by atoms with Gasteiger partial charge in [0, 0.05) is 17.8 Å². The number of aromatic nitrogens is 2. The molecular weight excluding hydrogens is 337 g/mol. The van der Waals surface area contributed by atoms with E-state index in [9.17, 15) is 9.18 Å². The molecule has 0 fully saturated rings. The number of carbonyl (C=O) groups excluding carboxylic acids is 1. The third-order valence-corrected chi connectivity index (χ3v) is 4.08. The Hall–Kier alpha value is -3.09. The van der Waals surface area contributed by atoms with Crippen molar-refractivity contribution in [3.05, 3.63) is 71.2 Å². The number of ether oxygens (including phenoxy) is 1. The fraction of sp³-hybridized carbons (Fsp3) is 0.263. The summed E-state index contributed by atoms with van der Waals surface area (Å²) in [6.45, 7) is 4.10. The highest BCUT2D eigenvalue weighted by molar-refractivity contribution is 5.94. The SMILES string of the molecule is COc1ccc(C(=O)NCC(c2ccco2)n2nc(C)cc2C)cc1F. The van der Waals surface area contributed by atoms with Crippen LogP contribution in [0.25, 0.3) is 0 Å². The van der Waals surface area contributed by atoms with E-state index in [-0.39, 0.29) is 29.8 Å². The molecule has 7 heteroatoms. The quantitative estimate of drug-likeness (QED) is 0.735. The lowest BCUT2D eigenvalue weighted by atomic mass is 10.1. The predicted octanol–water partition coefficient (Wildman–Crippen LogP) is 3.26. The van der Waals surface area contributed by atoms with Gasteiger partial charge < -0.3 is 14.5 Å². The molecule has 1 aromatic carbocycles. The lowest BCUT2D eigenvalue weighted by Gasteiger charge is -2.18. The van der Waals surface area contributed by atoms with Crippen LogP contribution in [0.5, 0.6) is 5.75 Å². The molecule has 1 N–H and O–H groups in total. The summed E-state index contributed by atoms with van der Waals surface area (Å²) in [5, 5.41) is 7.30. The molecule has 0 radical (unpaired) electrons. The summed E-state index contributed by atoms with van der Waals surface area (Å²) < 4.78 is 26.0. The Labute approximate surface area is 150 Å². The van der Waals surface area contributed by atoms with Crippen LogP contribution in [0, 0.1) is 19.7 Å². The van der Waals surface area contributed by atoms with Crippen LogP contribution < -0.4 is 10.1 Å². The zero-order valence-corrected chi connectivity index (χ0v) is 14.8. The standard InChI is InChI=1S/C19H20FN3O3/c1-12-9-13(2)23(22-12)16(18-5-4-8-26-18)11-21-19(24)14-6-7-17(25-3)15(20)10-14/h4-10,16H,11H2,1-3H3,(H,21,24). The third kappa shape index (κ3) is 3.61. The molecule has 0 spiro atoms. The minimum absolute atomic E-state index is 0.0950. The van der Waals surface area contributed by atoms with Crippen LogP contribution >= 0.6 is 0 Å². The summed E-state index contributed by atoms with van der Waals surface area (Å²) in [7, 11) is 1.38. The number of halogens is 1. The van der Waals surface area contributed by atoms with Gasteiger partial charge in [-0.25, -0.2) is 4.39 Å². The van der Waals surface area contributed by atoms with Gasteiger partial charge in [0.2, 0.25) is 0 Å². The van der Waals surface area contributed by atoms with Gasteiger partial charge in [0.15, 0.2) is 11.6 Å². The number of benzene rings is 1. The number of hydrogen-bond acceptors (Lipinski definition) is 4. The van der Waals surface area contributed by atoms with Crippen LogP contribution in [0.4, 0.5) is 4.39 Å². The van der Waals surface area contributed by atoms with E-state index in [1.54, 1.807) is 12.3 Å². The molecule has 3 rings (SSSR count). The summed E-state index contributed by atoms with van der Waals surface area (Å²) in [6, 6.07) is 9.37. The lowest BCUT2D eigenvalue weighted by molar-refractivity contribution is 0.0947. The molecule has 2 aromatic heterocycles. The third-order valence-electron chi connectivity index (χ3n) is 4.08. The number of methoxy groups -OCH3 is 1. The predicted molar refractivity (Wildman–Crippen MR) is 93.8 cm³/mol. The van der Waals surface area contributed by atoms with Gasteiger partial charge >= 0.3 is 0 Å². The van der Waals surface area contributed by atoms with E-state index in [4.69, 9.17) is 9.15 Å². The molecule has 6 nitrogen and oxygen atoms in total. The molecule has 1 amide bonds. The number of aryl methyl sites for hydroxylation is 2. The van der Waals surface area contributed by atoms with Crippen LogP contribution in [-0.4, -0.2) is 29.3 Å². The molecule has 0 saturated carbocycles. The molecule has 0 aliphatic heterocycles. The molecule has 26 heavy (non-hydrogen) atoms. The monoisotopic (exact) mass is 357 g/mol. The Morgan fingerprint density at radius 2 is 2.15 bits per heavy atom. The number of nitrogens with zero attached hydrogens (tertiary/aromatic N) is 2. The van der Waals surface area contributed by atoms with Gasteiger partial charge in [0.25, 0.3) is 5.91 Å². The Balaban J connectivity index is 1.79. The number of hydrogen-bond donors (Lipinski definition) is 1. The maximum atomic E-state index is 13.8. The zero-order chi connectivity index (χ0) is 18.7. The summed E-state index contributed by atoms with van der Waals surface area (Å²) in [6.07, 6.45) is 1.58. The number of carbonyl (C=O) groups is 1. The van der Waals surface area contributed by atoms with Gasteiger partial charge in [-0.2, -0.15) is 5.10 Å². The topological polar surface area (TPSA) is 69.3 Å². The number of amides is 1. The second kappa shape index (κ2) is 7.43. The fourth-order valence-electron chi connectivity index (χ4n) is 2.85. The van der Waals surface area contributed by atoms with Crippen molar-refractivity contribution < 1.29 is 18.3 Å². The summed E-state index contributed by atoms with van der Waals surface area (Å²) in [5.74, 6) is -0.194. The van der Waals surface area contributed by atoms with Gasteiger partial charge in [-0.15, -0.1) is 0 Å². The molecule has 0 bridgehead atoms. The zero-order valence-electron chi connectivity index (χ0n) is 14.8. The molecule has 1 atom stereocenters. The number of furan rings is 1. The normalized spacial score (nSPS) is 12.0. The molecule has 2 heterocycles. The van der Waals surface area contributed by atoms with Crippen LogP contribution in [0.2, 0.25) is 0 Å². The Morgan fingerprint density at radius 1 is 1.35 bits per heavy atom. The highest BCUT2D eigenvalue weighted by Crippen LogP contribution is 2.21. The average molecular weight is 357 g/mol. The number of rotatable bonds is 6. The van der Waals surface area contributed by atoms with E-state index in [0.29, 0.717) is 5.76 Å². The first-order valence-corrected chi connectivity index (χ1v) is 8.17. The van der Waals surface area contributed by atoms with Crippen molar-refractivity contribution in [2.45, 2.75) is 19.9 Å². The molecular formula is C19H20FN3O3. The van der Waals surface area contributed by atoms with E-state index in [0.717, 1.165) is 17.5 Å². The van der Waals surface area contributed by atoms with Crippen molar-refractivity contribution in [1.29, 1.82) is 0 Å². The Kier molecular flexibility index (Phi) is 5.06. The molecule has 0 aliphatic carbocycles. The highest BCUT2D eigenvalue weighted by Gasteiger charge is 2.21. The van der Waals surface area contributed by atoms with Crippen molar-refractivity contribution in [2.24, 2.45) is 0 Å². The van der Waals surface area contributed by atoms with Crippen molar-refractivity contribution in [3.63, 3.8) is 0 Å². The van der Waals surface area contributed by atoms with Crippen LogP contribution in [0.15, 0.2) is 47.1 Å². The van der Waals surface area contributed by atoms with E-state index in [2.05, 4.69) is 10.4 Å². The molecule has 1 unspecified atom stereocenters. The first kappa shape index (κ1) is 17.7. The largest absolute Gasteiger partial charge is 0.494 e. The summed E-state index contributed by atoms with van der Waals surface area (Å²) in [5.41, 5.74) is 2.05. The van der Waals surface area contributed by atoms with E-state index >= 15 is 0 Å². The van der Waals surface area contributed by atoms with Crippen LogP contribution in [0.1, 0.15) is 33.5 Å². The molecule has 0 saturated heterocycles. The molecule has 136 valence electrons. The fourth-order valence-corrected chi connectivity index (χ4v) is 2.85. The van der Waals surface area contributed by atoms with Gasteiger partial charge in [0.1, 0.15) is 11.8 Å². The first-order valence-electron chi connectivity index (χ1n) is 8.17. The van der Waals surface area contributed by atoms with Crippen LogP contribution in [0.3, 0.4) is 0 Å². The van der Waals surface area contributed by atoms with Crippen molar-refractivity contribution in [3.8, 4) is 5.75 Å². The second-order valence-electron chi connectivity index (χ2n) is 5.96. The smallest absolute Gasteiger partial charge is 0.251 e. The van der Waals surface area contributed by atoms with Gasteiger partial charge in [-0.3, -0.25) is 9.48 Å².